The van der Waals surface area contributed by atoms with Crippen molar-refractivity contribution in [1.29, 1.82) is 0 Å². The monoisotopic (exact) mass is 268 g/mol. The maximum absolute atomic E-state index is 9.70. The highest BCUT2D eigenvalue weighted by Crippen LogP contribution is 2.03. The first-order valence-electron chi connectivity index (χ1n) is 6.31. The summed E-state index contributed by atoms with van der Waals surface area (Å²) in [4.78, 5) is 9.70. The van der Waals surface area contributed by atoms with Crippen molar-refractivity contribution < 1.29 is 9.90 Å². The third-order valence-electron chi connectivity index (χ3n) is 2.08. The van der Waals surface area contributed by atoms with Gasteiger partial charge in [-0.15, -0.1) is 12.4 Å². The number of rotatable bonds is 9. The first-order valence-corrected chi connectivity index (χ1v) is 6.31. The molecule has 0 fully saturated rings. The Hall–Kier alpha value is -0.320. The Morgan fingerprint density at radius 2 is 1.65 bits per heavy atom. The van der Waals surface area contributed by atoms with E-state index in [0.717, 1.165) is 6.54 Å². The van der Waals surface area contributed by atoms with Crippen LogP contribution in [0.3, 0.4) is 0 Å². The lowest BCUT2D eigenvalue weighted by atomic mass is 10.1. The molecule has 17 heavy (non-hydrogen) atoms. The molecule has 0 aromatic heterocycles. The van der Waals surface area contributed by atoms with Gasteiger partial charge in [-0.25, -0.2) is 0 Å². The van der Waals surface area contributed by atoms with Crippen LogP contribution in [0.1, 0.15) is 52.4 Å². The summed E-state index contributed by atoms with van der Waals surface area (Å²) in [5.74, 6) is -0.804. The molecule has 0 aliphatic rings. The summed E-state index contributed by atoms with van der Waals surface area (Å²) >= 11 is 0. The van der Waals surface area contributed by atoms with E-state index < -0.39 is 5.97 Å². The number of aliphatic carboxylic acids is 1. The SMILES string of the molecule is CCCCCCCCN.CCNCC(=O)O.Cl. The summed E-state index contributed by atoms with van der Waals surface area (Å²) in [6, 6.07) is 0. The molecule has 0 spiro atoms. The third kappa shape index (κ3) is 31.3. The zero-order valence-corrected chi connectivity index (χ0v) is 12.0. The molecule has 0 aliphatic heterocycles. The van der Waals surface area contributed by atoms with Crippen LogP contribution in [0.15, 0.2) is 0 Å². The molecule has 0 aromatic carbocycles. The van der Waals surface area contributed by atoms with Gasteiger partial charge < -0.3 is 16.2 Å². The Morgan fingerprint density at radius 3 is 2.00 bits per heavy atom. The van der Waals surface area contributed by atoms with E-state index in [1.165, 1.54) is 38.5 Å². The van der Waals surface area contributed by atoms with Crippen molar-refractivity contribution in [1.82, 2.24) is 5.32 Å². The molecule has 0 aromatic rings. The Labute approximate surface area is 112 Å². The topological polar surface area (TPSA) is 75.3 Å². The van der Waals surface area contributed by atoms with E-state index in [9.17, 15) is 4.79 Å². The Morgan fingerprint density at radius 1 is 1.12 bits per heavy atom. The van der Waals surface area contributed by atoms with Crippen LogP contribution in [0.2, 0.25) is 0 Å². The van der Waals surface area contributed by atoms with Gasteiger partial charge in [0.1, 0.15) is 0 Å². The van der Waals surface area contributed by atoms with E-state index in [-0.39, 0.29) is 19.0 Å². The van der Waals surface area contributed by atoms with Gasteiger partial charge in [0.05, 0.1) is 6.54 Å². The number of nitrogens with one attached hydrogen (secondary N) is 1. The second-order valence-corrected chi connectivity index (χ2v) is 3.73. The van der Waals surface area contributed by atoms with Gasteiger partial charge in [-0.05, 0) is 19.5 Å². The lowest BCUT2D eigenvalue weighted by molar-refractivity contribution is -0.135. The molecule has 0 aliphatic carbocycles. The number of unbranched alkanes of at least 4 members (excludes halogenated alkanes) is 5. The molecular formula is C12H29ClN2O2. The molecule has 0 saturated heterocycles. The normalized spacial score (nSPS) is 8.88. The number of carboxylic acid groups (broad SMARTS) is 1. The van der Waals surface area contributed by atoms with Crippen molar-refractivity contribution in [3.8, 4) is 0 Å². The van der Waals surface area contributed by atoms with E-state index in [1.807, 2.05) is 6.92 Å². The number of hydrogen-bond donors (Lipinski definition) is 3. The maximum Gasteiger partial charge on any atom is 0.317 e. The molecule has 0 atom stereocenters. The van der Waals surface area contributed by atoms with Crippen LogP contribution in [-0.4, -0.2) is 30.7 Å². The standard InChI is InChI=1S/C8H19N.C4H9NO2.ClH/c1-2-3-4-5-6-7-8-9;1-2-5-3-4(6)7;/h2-9H2,1H3;5H,2-3H2,1H3,(H,6,7);1H. The van der Waals surface area contributed by atoms with Crippen LogP contribution in [-0.2, 0) is 4.79 Å². The molecule has 0 rings (SSSR count). The van der Waals surface area contributed by atoms with E-state index in [4.69, 9.17) is 10.8 Å². The van der Waals surface area contributed by atoms with Crippen molar-refractivity contribution in [3.63, 3.8) is 0 Å². The molecule has 0 unspecified atom stereocenters. The number of halogens is 1. The third-order valence-corrected chi connectivity index (χ3v) is 2.08. The molecule has 0 saturated carbocycles. The van der Waals surface area contributed by atoms with E-state index >= 15 is 0 Å². The van der Waals surface area contributed by atoms with Crippen LogP contribution in [0, 0.1) is 0 Å². The zero-order valence-electron chi connectivity index (χ0n) is 11.2. The van der Waals surface area contributed by atoms with Gasteiger partial charge in [0.25, 0.3) is 0 Å². The molecule has 0 radical (unpaired) electrons. The summed E-state index contributed by atoms with van der Waals surface area (Å²) in [5, 5.41) is 10.6. The van der Waals surface area contributed by atoms with Gasteiger partial charge in [-0.3, -0.25) is 4.79 Å². The van der Waals surface area contributed by atoms with Crippen LogP contribution in [0.25, 0.3) is 0 Å². The van der Waals surface area contributed by atoms with E-state index in [2.05, 4.69) is 12.2 Å². The Kier molecular flexibility index (Phi) is 27.1. The van der Waals surface area contributed by atoms with Crippen LogP contribution >= 0.6 is 12.4 Å². The van der Waals surface area contributed by atoms with Crippen molar-refractivity contribution in [2.24, 2.45) is 5.73 Å². The van der Waals surface area contributed by atoms with Crippen LogP contribution in [0.4, 0.5) is 0 Å². The van der Waals surface area contributed by atoms with E-state index in [0.29, 0.717) is 6.54 Å². The van der Waals surface area contributed by atoms with Crippen LogP contribution < -0.4 is 11.1 Å². The van der Waals surface area contributed by atoms with Crippen molar-refractivity contribution in [2.45, 2.75) is 52.4 Å². The maximum atomic E-state index is 9.70. The molecule has 4 N–H and O–H groups in total. The van der Waals surface area contributed by atoms with Gasteiger partial charge in [0.2, 0.25) is 0 Å². The van der Waals surface area contributed by atoms with Gasteiger partial charge in [-0.1, -0.05) is 46.0 Å². The predicted molar refractivity (Wildman–Crippen MR) is 75.9 cm³/mol. The fourth-order valence-electron chi connectivity index (χ4n) is 1.16. The molecule has 0 amide bonds. The largest absolute Gasteiger partial charge is 0.480 e. The fraction of sp³-hybridized carbons (Fsp3) is 0.917. The lowest BCUT2D eigenvalue weighted by Crippen LogP contribution is -2.21. The second kappa shape index (κ2) is 21.0. The highest BCUT2D eigenvalue weighted by atomic mass is 35.5. The average Bonchev–Trinajstić information content (AvgIpc) is 2.27. The zero-order chi connectivity index (χ0) is 12.6. The van der Waals surface area contributed by atoms with Gasteiger partial charge in [0.15, 0.2) is 0 Å². The summed E-state index contributed by atoms with van der Waals surface area (Å²) in [7, 11) is 0. The number of carboxylic acids is 1. The van der Waals surface area contributed by atoms with Crippen molar-refractivity contribution in [2.75, 3.05) is 19.6 Å². The Balaban J connectivity index is -0.000000224. The smallest absolute Gasteiger partial charge is 0.317 e. The molecule has 106 valence electrons. The first kappa shape index (κ1) is 21.9. The molecule has 5 heteroatoms. The molecular weight excluding hydrogens is 240 g/mol. The van der Waals surface area contributed by atoms with Crippen molar-refractivity contribution >= 4 is 18.4 Å². The van der Waals surface area contributed by atoms with E-state index in [1.54, 1.807) is 0 Å². The molecule has 4 nitrogen and oxygen atoms in total. The van der Waals surface area contributed by atoms with Gasteiger partial charge in [0, 0.05) is 0 Å². The molecule has 0 bridgehead atoms. The summed E-state index contributed by atoms with van der Waals surface area (Å²) in [5.41, 5.74) is 5.34. The molecule has 0 heterocycles. The summed E-state index contributed by atoms with van der Waals surface area (Å²) in [6.45, 7) is 5.75. The van der Waals surface area contributed by atoms with Crippen molar-refractivity contribution in [3.05, 3.63) is 0 Å². The van der Waals surface area contributed by atoms with Gasteiger partial charge in [-0.2, -0.15) is 0 Å². The number of nitrogens with two attached hydrogens (primary N) is 1. The summed E-state index contributed by atoms with van der Waals surface area (Å²) in [6.07, 6.45) is 8.05. The van der Waals surface area contributed by atoms with Crippen LogP contribution in [0.5, 0.6) is 0 Å². The minimum absolute atomic E-state index is 0. The summed E-state index contributed by atoms with van der Waals surface area (Å²) < 4.78 is 0. The highest BCUT2D eigenvalue weighted by molar-refractivity contribution is 5.85. The lowest BCUT2D eigenvalue weighted by Gasteiger charge is -1.96. The minimum atomic E-state index is -0.804. The highest BCUT2D eigenvalue weighted by Gasteiger charge is 1.89. The predicted octanol–water partition coefficient (Wildman–Crippen LogP) is 2.41. The number of carbonyl (C=O) groups is 1. The average molecular weight is 269 g/mol. The second-order valence-electron chi connectivity index (χ2n) is 3.73. The fourth-order valence-corrected chi connectivity index (χ4v) is 1.16. The first-order chi connectivity index (χ1) is 7.68. The Bertz CT molecular complexity index is 140. The number of likely N-dealkylation sites (N-methyl/N-ethyl adjacent to an activating group) is 1. The van der Waals surface area contributed by atoms with Gasteiger partial charge >= 0.3 is 5.97 Å². The minimum Gasteiger partial charge on any atom is -0.480 e. The number of hydrogen-bond acceptors (Lipinski definition) is 3. The quantitative estimate of drug-likeness (QED) is 0.562.